The minimum absolute atomic E-state index is 0.0540. The molecule has 9 heteroatoms. The third-order valence-electron chi connectivity index (χ3n) is 4.74. The Balaban J connectivity index is 2.33. The molecule has 2 heterocycles. The Hall–Kier alpha value is -2.82. The smallest absolute Gasteiger partial charge is 0.343 e. The molecular weight excluding hydrogens is 413 g/mol. The molecule has 0 aliphatic rings. The lowest BCUT2D eigenvalue weighted by atomic mass is 10.0. The number of benzene rings is 1. The van der Waals surface area contributed by atoms with Crippen LogP contribution < -0.4 is 5.32 Å². The average molecular weight is 432 g/mol. The van der Waals surface area contributed by atoms with Crippen LogP contribution in [-0.4, -0.2) is 33.7 Å². The van der Waals surface area contributed by atoms with Gasteiger partial charge < -0.3 is 10.1 Å². The zero-order chi connectivity index (χ0) is 21.3. The van der Waals surface area contributed by atoms with Crippen LogP contribution in [-0.2, 0) is 4.74 Å². The summed E-state index contributed by atoms with van der Waals surface area (Å²) in [4.78, 5) is 16.5. The molecule has 1 atom stereocenters. The molecule has 29 heavy (non-hydrogen) atoms. The quantitative estimate of drug-likeness (QED) is 0.459. The molecule has 3 rings (SSSR count). The minimum Gasteiger partial charge on any atom is -0.465 e. The molecule has 0 saturated heterocycles. The summed E-state index contributed by atoms with van der Waals surface area (Å²) in [6, 6.07) is 7.04. The van der Waals surface area contributed by atoms with Crippen LogP contribution in [0.15, 0.2) is 24.4 Å². The van der Waals surface area contributed by atoms with E-state index in [-0.39, 0.29) is 22.4 Å². The second-order valence-corrected chi connectivity index (χ2v) is 7.66. The summed E-state index contributed by atoms with van der Waals surface area (Å²) in [7, 11) is 1.29. The topological polar surface area (TPSA) is 92.3 Å². The van der Waals surface area contributed by atoms with Gasteiger partial charge in [-0.1, -0.05) is 43.1 Å². The Morgan fingerprint density at radius 3 is 2.62 bits per heavy atom. The van der Waals surface area contributed by atoms with Crippen molar-refractivity contribution in [2.45, 2.75) is 26.8 Å². The van der Waals surface area contributed by atoms with E-state index in [2.05, 4.69) is 35.3 Å². The number of fused-ring (bicyclic) bond motifs is 1. The molecule has 2 aromatic heterocycles. The van der Waals surface area contributed by atoms with Crippen molar-refractivity contribution in [2.75, 3.05) is 12.4 Å². The summed E-state index contributed by atoms with van der Waals surface area (Å²) in [5, 5.41) is 17.4. The van der Waals surface area contributed by atoms with Gasteiger partial charge in [-0.05, 0) is 25.0 Å². The zero-order valence-electron chi connectivity index (χ0n) is 16.3. The van der Waals surface area contributed by atoms with Gasteiger partial charge in [0.1, 0.15) is 16.5 Å². The fourth-order valence-electron chi connectivity index (χ4n) is 2.76. The van der Waals surface area contributed by atoms with Gasteiger partial charge >= 0.3 is 5.97 Å². The van der Waals surface area contributed by atoms with Crippen LogP contribution in [0.4, 0.5) is 5.82 Å². The standard InChI is InChI=1S/C20H19Cl2N5O2/c1-10(2)11(3)25-19-16(13-6-5-12(8-23)7-15(13)21)17(22)26-18-14(20(28)29-4)9-24-27(18)19/h5-7,9-11,25H,1-4H3/t11-/m1/s1. The summed E-state index contributed by atoms with van der Waals surface area (Å²) in [5.41, 5.74) is 2.03. The number of anilines is 1. The van der Waals surface area contributed by atoms with E-state index in [1.165, 1.54) is 17.8 Å². The monoisotopic (exact) mass is 431 g/mol. The Morgan fingerprint density at radius 2 is 2.03 bits per heavy atom. The molecule has 0 fully saturated rings. The summed E-state index contributed by atoms with van der Waals surface area (Å²) in [6.07, 6.45) is 1.39. The van der Waals surface area contributed by atoms with Crippen LogP contribution in [0, 0.1) is 17.2 Å². The molecule has 7 nitrogen and oxygen atoms in total. The largest absolute Gasteiger partial charge is 0.465 e. The summed E-state index contributed by atoms with van der Waals surface area (Å²) < 4.78 is 6.33. The highest BCUT2D eigenvalue weighted by molar-refractivity contribution is 6.36. The number of esters is 1. The Labute approximate surface area is 178 Å². The number of nitrogens with zero attached hydrogens (tertiary/aromatic N) is 4. The maximum Gasteiger partial charge on any atom is 0.343 e. The van der Waals surface area contributed by atoms with Crippen molar-refractivity contribution in [2.24, 2.45) is 5.92 Å². The third kappa shape index (κ3) is 3.86. The fourth-order valence-corrected chi connectivity index (χ4v) is 3.31. The van der Waals surface area contributed by atoms with E-state index < -0.39 is 5.97 Å². The lowest BCUT2D eigenvalue weighted by Crippen LogP contribution is -2.24. The first kappa shape index (κ1) is 20.9. The molecule has 0 unspecified atom stereocenters. The van der Waals surface area contributed by atoms with Gasteiger partial charge in [-0.3, -0.25) is 0 Å². The van der Waals surface area contributed by atoms with Crippen molar-refractivity contribution >= 4 is 40.6 Å². The maximum absolute atomic E-state index is 12.1. The first-order chi connectivity index (χ1) is 13.8. The number of aromatic nitrogens is 3. The molecule has 0 spiro atoms. The molecule has 0 amide bonds. The van der Waals surface area contributed by atoms with E-state index in [0.717, 1.165) is 0 Å². The molecule has 0 aliphatic heterocycles. The number of ether oxygens (including phenoxy) is 1. The van der Waals surface area contributed by atoms with Crippen molar-refractivity contribution in [3.63, 3.8) is 0 Å². The predicted octanol–water partition coefficient (Wildman–Crippen LogP) is 4.82. The Morgan fingerprint density at radius 1 is 1.31 bits per heavy atom. The lowest BCUT2D eigenvalue weighted by molar-refractivity contribution is 0.0602. The molecule has 0 radical (unpaired) electrons. The van der Waals surface area contributed by atoms with Crippen molar-refractivity contribution in [3.05, 3.63) is 45.7 Å². The molecule has 0 saturated carbocycles. The van der Waals surface area contributed by atoms with Crippen molar-refractivity contribution in [1.29, 1.82) is 5.26 Å². The van der Waals surface area contributed by atoms with Gasteiger partial charge in [0.05, 0.1) is 30.5 Å². The number of hydrogen-bond donors (Lipinski definition) is 1. The van der Waals surface area contributed by atoms with Crippen LogP contribution in [0.25, 0.3) is 16.8 Å². The number of rotatable bonds is 5. The van der Waals surface area contributed by atoms with E-state index in [1.807, 2.05) is 6.92 Å². The van der Waals surface area contributed by atoms with E-state index >= 15 is 0 Å². The van der Waals surface area contributed by atoms with E-state index in [0.29, 0.717) is 33.4 Å². The second-order valence-electron chi connectivity index (χ2n) is 6.89. The normalized spacial score (nSPS) is 12.1. The van der Waals surface area contributed by atoms with Gasteiger partial charge in [0.2, 0.25) is 0 Å². The number of carbonyl (C=O) groups is 1. The number of methoxy groups -OCH3 is 1. The number of carbonyl (C=O) groups excluding carboxylic acids is 1. The zero-order valence-corrected chi connectivity index (χ0v) is 17.8. The molecule has 3 aromatic rings. The number of nitriles is 1. The minimum atomic E-state index is -0.560. The summed E-state index contributed by atoms with van der Waals surface area (Å²) in [5.74, 6) is 0.287. The average Bonchev–Trinajstić information content (AvgIpc) is 3.11. The molecule has 0 aliphatic carbocycles. The lowest BCUT2D eigenvalue weighted by Gasteiger charge is -2.22. The highest BCUT2D eigenvalue weighted by Crippen LogP contribution is 2.39. The van der Waals surface area contributed by atoms with Crippen LogP contribution in [0.2, 0.25) is 10.2 Å². The molecule has 150 valence electrons. The highest BCUT2D eigenvalue weighted by Gasteiger charge is 2.24. The summed E-state index contributed by atoms with van der Waals surface area (Å²) >= 11 is 13.0. The van der Waals surface area contributed by atoms with E-state index in [1.54, 1.807) is 18.2 Å². The number of nitrogens with one attached hydrogen (secondary N) is 1. The van der Waals surface area contributed by atoms with Crippen molar-refractivity contribution in [1.82, 2.24) is 14.6 Å². The van der Waals surface area contributed by atoms with Crippen LogP contribution >= 0.6 is 23.2 Å². The number of hydrogen-bond acceptors (Lipinski definition) is 6. The second kappa shape index (κ2) is 8.27. The molecule has 0 bridgehead atoms. The third-order valence-corrected chi connectivity index (χ3v) is 5.33. The van der Waals surface area contributed by atoms with Gasteiger partial charge in [-0.15, -0.1) is 0 Å². The number of halogens is 2. The van der Waals surface area contributed by atoms with Crippen molar-refractivity contribution < 1.29 is 9.53 Å². The van der Waals surface area contributed by atoms with Crippen LogP contribution in [0.3, 0.4) is 0 Å². The van der Waals surface area contributed by atoms with Gasteiger partial charge in [-0.25, -0.2) is 9.78 Å². The Kier molecular flexibility index (Phi) is 5.96. The molecular formula is C20H19Cl2N5O2. The van der Waals surface area contributed by atoms with E-state index in [4.69, 9.17) is 33.2 Å². The molecule has 1 aromatic carbocycles. The van der Waals surface area contributed by atoms with Gasteiger partial charge in [0.25, 0.3) is 0 Å². The highest BCUT2D eigenvalue weighted by atomic mass is 35.5. The van der Waals surface area contributed by atoms with Gasteiger partial charge in [-0.2, -0.15) is 14.9 Å². The first-order valence-corrected chi connectivity index (χ1v) is 9.66. The molecule has 1 N–H and O–H groups in total. The van der Waals surface area contributed by atoms with Gasteiger partial charge in [0.15, 0.2) is 5.65 Å². The van der Waals surface area contributed by atoms with Crippen LogP contribution in [0.5, 0.6) is 0 Å². The fraction of sp³-hybridized carbons (Fsp3) is 0.300. The van der Waals surface area contributed by atoms with Gasteiger partial charge in [0, 0.05) is 16.6 Å². The maximum atomic E-state index is 12.1. The summed E-state index contributed by atoms with van der Waals surface area (Å²) in [6.45, 7) is 6.18. The first-order valence-electron chi connectivity index (χ1n) is 8.90. The van der Waals surface area contributed by atoms with Crippen molar-refractivity contribution in [3.8, 4) is 17.2 Å². The Bertz CT molecular complexity index is 1130. The SMILES string of the molecule is COC(=O)c1cnn2c(N[C@H](C)C(C)C)c(-c3ccc(C#N)cc3Cl)c(Cl)nc12. The van der Waals surface area contributed by atoms with E-state index in [9.17, 15) is 4.79 Å². The van der Waals surface area contributed by atoms with Crippen LogP contribution in [0.1, 0.15) is 36.7 Å². The predicted molar refractivity (Wildman–Crippen MR) is 112 cm³/mol.